The highest BCUT2D eigenvalue weighted by Gasteiger charge is 2.05. The Kier molecular flexibility index (Phi) is 7.44. The summed E-state index contributed by atoms with van der Waals surface area (Å²) in [5.74, 6) is 0.959. The maximum Gasteiger partial charge on any atom is 0.0747 e. The van der Waals surface area contributed by atoms with Crippen molar-refractivity contribution in [1.82, 2.24) is 0 Å². The lowest BCUT2D eigenvalue weighted by Gasteiger charge is -2.10. The van der Waals surface area contributed by atoms with E-state index in [9.17, 15) is 5.11 Å². The summed E-state index contributed by atoms with van der Waals surface area (Å²) in [6.45, 7) is 5.49. The number of aliphatic hydroxyl groups is 1. The van der Waals surface area contributed by atoms with Crippen molar-refractivity contribution in [1.29, 1.82) is 0 Å². The Morgan fingerprint density at radius 1 is 1.54 bits per heavy atom. The van der Waals surface area contributed by atoms with Gasteiger partial charge in [-0.3, -0.25) is 0 Å². The minimum atomic E-state index is -0.429. The molecule has 0 rings (SSSR count). The van der Waals surface area contributed by atoms with Gasteiger partial charge in [0.25, 0.3) is 0 Å². The van der Waals surface area contributed by atoms with Crippen LogP contribution in [0.15, 0.2) is 23.8 Å². The van der Waals surface area contributed by atoms with E-state index in [0.29, 0.717) is 18.2 Å². The molecule has 0 spiro atoms. The van der Waals surface area contributed by atoms with Gasteiger partial charge in [0.2, 0.25) is 0 Å². The van der Waals surface area contributed by atoms with Gasteiger partial charge in [-0.1, -0.05) is 23.8 Å². The largest absolute Gasteiger partial charge is 0.389 e. The molecule has 0 fully saturated rings. The SMILES string of the molecule is C=C(C)[C@H](O)CC/C(=C/CCl)CCl. The molecule has 1 nitrogen and oxygen atoms in total. The fraction of sp³-hybridized carbons (Fsp3) is 0.600. The van der Waals surface area contributed by atoms with Crippen molar-refractivity contribution >= 4 is 23.2 Å². The molecule has 0 amide bonds. The van der Waals surface area contributed by atoms with Crippen LogP contribution in [-0.2, 0) is 0 Å². The van der Waals surface area contributed by atoms with Crippen molar-refractivity contribution in [3.05, 3.63) is 23.8 Å². The average Bonchev–Trinajstić information content (AvgIpc) is 2.11. The predicted molar refractivity (Wildman–Crippen MR) is 59.6 cm³/mol. The summed E-state index contributed by atoms with van der Waals surface area (Å²) in [5, 5.41) is 9.44. The summed E-state index contributed by atoms with van der Waals surface area (Å²) < 4.78 is 0. The van der Waals surface area contributed by atoms with Crippen LogP contribution in [0.3, 0.4) is 0 Å². The van der Waals surface area contributed by atoms with E-state index in [1.807, 2.05) is 13.0 Å². The standard InChI is InChI=1S/C10H16Cl2O/c1-8(2)10(13)4-3-9(7-12)5-6-11/h5,10,13H,1,3-4,6-7H2,2H3/b9-5-/t10-/m1/s1. The Morgan fingerprint density at radius 3 is 2.54 bits per heavy atom. The van der Waals surface area contributed by atoms with Gasteiger partial charge in [-0.15, -0.1) is 23.2 Å². The van der Waals surface area contributed by atoms with Crippen LogP contribution < -0.4 is 0 Å². The first-order chi connectivity index (χ1) is 6.11. The Bertz CT molecular complexity index is 187. The first-order valence-corrected chi connectivity index (χ1v) is 5.32. The molecule has 13 heavy (non-hydrogen) atoms. The van der Waals surface area contributed by atoms with Crippen LogP contribution >= 0.6 is 23.2 Å². The molecule has 0 aromatic heterocycles. The lowest BCUT2D eigenvalue weighted by atomic mass is 10.0. The highest BCUT2D eigenvalue weighted by Crippen LogP contribution is 2.13. The molecular weight excluding hydrogens is 207 g/mol. The minimum absolute atomic E-state index is 0.429. The summed E-state index contributed by atoms with van der Waals surface area (Å²) in [6.07, 6.45) is 2.91. The van der Waals surface area contributed by atoms with E-state index < -0.39 is 6.10 Å². The monoisotopic (exact) mass is 222 g/mol. The topological polar surface area (TPSA) is 20.2 Å². The van der Waals surface area contributed by atoms with E-state index in [1.54, 1.807) is 0 Å². The quantitative estimate of drug-likeness (QED) is 0.541. The second-order valence-corrected chi connectivity index (χ2v) is 3.63. The molecule has 0 aliphatic heterocycles. The third-order valence-electron chi connectivity index (χ3n) is 1.85. The van der Waals surface area contributed by atoms with Crippen molar-refractivity contribution < 1.29 is 5.11 Å². The molecule has 0 saturated heterocycles. The smallest absolute Gasteiger partial charge is 0.0747 e. The zero-order valence-electron chi connectivity index (χ0n) is 7.89. The average molecular weight is 223 g/mol. The number of alkyl halides is 2. The van der Waals surface area contributed by atoms with Crippen LogP contribution in [0.25, 0.3) is 0 Å². The Balaban J connectivity index is 3.85. The van der Waals surface area contributed by atoms with Gasteiger partial charge in [-0.25, -0.2) is 0 Å². The normalized spacial score (nSPS) is 14.3. The molecule has 0 bridgehead atoms. The second kappa shape index (κ2) is 7.43. The minimum Gasteiger partial charge on any atom is -0.389 e. The molecule has 0 radical (unpaired) electrons. The Morgan fingerprint density at radius 2 is 2.15 bits per heavy atom. The van der Waals surface area contributed by atoms with E-state index in [-0.39, 0.29) is 0 Å². The second-order valence-electron chi connectivity index (χ2n) is 3.05. The number of hydrogen-bond acceptors (Lipinski definition) is 1. The van der Waals surface area contributed by atoms with Crippen LogP contribution in [0.5, 0.6) is 0 Å². The summed E-state index contributed by atoms with van der Waals surface area (Å²) in [6, 6.07) is 0. The van der Waals surface area contributed by atoms with Crippen LogP contribution in [0.1, 0.15) is 19.8 Å². The molecule has 76 valence electrons. The molecule has 0 aromatic carbocycles. The first kappa shape index (κ1) is 13.0. The first-order valence-electron chi connectivity index (χ1n) is 4.25. The molecular formula is C10H16Cl2O. The fourth-order valence-electron chi connectivity index (χ4n) is 0.901. The fourth-order valence-corrected chi connectivity index (χ4v) is 1.36. The van der Waals surface area contributed by atoms with E-state index in [2.05, 4.69) is 6.58 Å². The third kappa shape index (κ3) is 6.14. The molecule has 0 aliphatic carbocycles. The molecule has 0 heterocycles. The maximum atomic E-state index is 9.44. The Labute approximate surface area is 90.0 Å². The van der Waals surface area contributed by atoms with Crippen molar-refractivity contribution in [2.75, 3.05) is 11.8 Å². The van der Waals surface area contributed by atoms with Crippen molar-refractivity contribution in [3.8, 4) is 0 Å². The van der Waals surface area contributed by atoms with Crippen molar-refractivity contribution in [3.63, 3.8) is 0 Å². The lowest BCUT2D eigenvalue weighted by molar-refractivity contribution is 0.201. The molecule has 1 atom stereocenters. The number of halogens is 2. The van der Waals surface area contributed by atoms with Gasteiger partial charge >= 0.3 is 0 Å². The van der Waals surface area contributed by atoms with E-state index in [4.69, 9.17) is 23.2 Å². The van der Waals surface area contributed by atoms with E-state index in [0.717, 1.165) is 17.6 Å². The summed E-state index contributed by atoms with van der Waals surface area (Å²) >= 11 is 11.2. The van der Waals surface area contributed by atoms with E-state index in [1.165, 1.54) is 0 Å². The third-order valence-corrected chi connectivity index (χ3v) is 2.34. The number of hydrogen-bond donors (Lipinski definition) is 1. The number of rotatable bonds is 6. The molecule has 0 saturated carbocycles. The van der Waals surface area contributed by atoms with E-state index >= 15 is 0 Å². The number of allylic oxidation sites excluding steroid dienone is 2. The summed E-state index contributed by atoms with van der Waals surface area (Å²) in [7, 11) is 0. The Hall–Kier alpha value is 0.0200. The van der Waals surface area contributed by atoms with Crippen LogP contribution in [0.2, 0.25) is 0 Å². The maximum absolute atomic E-state index is 9.44. The summed E-state index contributed by atoms with van der Waals surface area (Å²) in [5.41, 5.74) is 1.87. The van der Waals surface area contributed by atoms with Gasteiger partial charge in [-0.05, 0) is 19.8 Å². The van der Waals surface area contributed by atoms with Gasteiger partial charge in [0.05, 0.1) is 6.10 Å². The highest BCUT2D eigenvalue weighted by atomic mass is 35.5. The van der Waals surface area contributed by atoms with Crippen LogP contribution in [-0.4, -0.2) is 23.0 Å². The summed E-state index contributed by atoms with van der Waals surface area (Å²) in [4.78, 5) is 0. The molecule has 0 unspecified atom stereocenters. The molecule has 1 N–H and O–H groups in total. The molecule has 3 heteroatoms. The molecule has 0 aromatic rings. The van der Waals surface area contributed by atoms with Crippen LogP contribution in [0, 0.1) is 0 Å². The van der Waals surface area contributed by atoms with Crippen LogP contribution in [0.4, 0.5) is 0 Å². The number of aliphatic hydroxyl groups excluding tert-OH is 1. The van der Waals surface area contributed by atoms with Crippen molar-refractivity contribution in [2.45, 2.75) is 25.9 Å². The zero-order chi connectivity index (χ0) is 10.3. The molecule has 0 aliphatic rings. The predicted octanol–water partition coefficient (Wildman–Crippen LogP) is 3.11. The van der Waals surface area contributed by atoms with Gasteiger partial charge < -0.3 is 5.11 Å². The zero-order valence-corrected chi connectivity index (χ0v) is 9.41. The van der Waals surface area contributed by atoms with Crippen molar-refractivity contribution in [2.24, 2.45) is 0 Å². The van der Waals surface area contributed by atoms with Gasteiger partial charge in [0, 0.05) is 11.8 Å². The van der Waals surface area contributed by atoms with Gasteiger partial charge in [0.1, 0.15) is 0 Å². The lowest BCUT2D eigenvalue weighted by Crippen LogP contribution is -2.07. The van der Waals surface area contributed by atoms with Gasteiger partial charge in [0.15, 0.2) is 0 Å². The van der Waals surface area contributed by atoms with Gasteiger partial charge in [-0.2, -0.15) is 0 Å². The highest BCUT2D eigenvalue weighted by molar-refractivity contribution is 6.20.